The topological polar surface area (TPSA) is 75.7 Å². The fourth-order valence-electron chi connectivity index (χ4n) is 0.206. The van der Waals surface area contributed by atoms with Gasteiger partial charge in [-0.1, -0.05) is 0 Å². The molecule has 0 saturated carbocycles. The van der Waals surface area contributed by atoms with E-state index in [4.69, 9.17) is 14.8 Å². The van der Waals surface area contributed by atoms with Crippen molar-refractivity contribution in [2.75, 3.05) is 19.4 Å². The molecule has 4 N–H and O–H groups in total. The van der Waals surface area contributed by atoms with E-state index in [2.05, 4.69) is 4.18 Å². The number of hydrogen-bond donors (Lipinski definition) is 3. The van der Waals surface area contributed by atoms with E-state index in [-0.39, 0.29) is 6.61 Å². The first-order valence-corrected chi connectivity index (χ1v) is 4.02. The van der Waals surface area contributed by atoms with Crippen molar-refractivity contribution < 1.29 is 13.3 Å². The van der Waals surface area contributed by atoms with E-state index in [1.165, 1.54) is 6.26 Å². The Balaban J connectivity index is 3.11. The second-order valence-corrected chi connectivity index (χ2v) is 3.13. The molecule has 8 heavy (non-hydrogen) atoms. The summed E-state index contributed by atoms with van der Waals surface area (Å²) in [5.74, 6) is 0. The summed E-state index contributed by atoms with van der Waals surface area (Å²) < 4.78 is 21.5. The van der Waals surface area contributed by atoms with E-state index >= 15 is 0 Å². The fraction of sp³-hybridized carbons (Fsp3) is 1.00. The van der Waals surface area contributed by atoms with Gasteiger partial charge in [0.2, 0.25) is 0 Å². The van der Waals surface area contributed by atoms with Crippen molar-refractivity contribution in [1.29, 1.82) is 0 Å². The first-order valence-electron chi connectivity index (χ1n) is 2.14. The lowest BCUT2D eigenvalue weighted by Crippen LogP contribution is -2.10. The van der Waals surface area contributed by atoms with E-state index in [9.17, 15) is 0 Å². The summed E-state index contributed by atoms with van der Waals surface area (Å²) in [7, 11) is -2.77. The molecule has 0 aliphatic carbocycles. The van der Waals surface area contributed by atoms with Crippen LogP contribution in [0.2, 0.25) is 0 Å². The van der Waals surface area contributed by atoms with Crippen molar-refractivity contribution >= 4 is 10.9 Å². The van der Waals surface area contributed by atoms with Crippen molar-refractivity contribution in [2.45, 2.75) is 0 Å². The number of nitrogens with two attached hydrogens (primary N) is 1. The molecule has 4 nitrogen and oxygen atoms in total. The molecular formula is C3H11NO3S. The second kappa shape index (κ2) is 3.26. The molecule has 5 heteroatoms. The van der Waals surface area contributed by atoms with Gasteiger partial charge in [-0.2, -0.15) is 0 Å². The first kappa shape index (κ1) is 8.19. The van der Waals surface area contributed by atoms with Crippen LogP contribution in [0.1, 0.15) is 0 Å². The molecule has 0 aliphatic rings. The number of hydrogen-bond acceptors (Lipinski definition) is 4. The third-order valence-corrected chi connectivity index (χ3v) is 1.04. The average Bonchev–Trinajstić information content (AvgIpc) is 1.59. The Morgan fingerprint density at radius 2 is 2.12 bits per heavy atom. The van der Waals surface area contributed by atoms with Crippen molar-refractivity contribution in [3.63, 3.8) is 0 Å². The fourth-order valence-corrected chi connectivity index (χ4v) is 0.618. The predicted octanol–water partition coefficient (Wildman–Crippen LogP) is 0.257. The SMILES string of the molecule is CS(O)(O)OCCN. The normalized spacial score (nSPS) is 14.0. The van der Waals surface area contributed by atoms with Crippen LogP contribution in [-0.4, -0.2) is 28.5 Å². The van der Waals surface area contributed by atoms with E-state index in [0.29, 0.717) is 6.54 Å². The van der Waals surface area contributed by atoms with Gasteiger partial charge in [0, 0.05) is 12.8 Å². The smallest absolute Gasteiger partial charge is 0.0805 e. The van der Waals surface area contributed by atoms with Crippen LogP contribution in [0.4, 0.5) is 0 Å². The van der Waals surface area contributed by atoms with E-state index < -0.39 is 10.9 Å². The third-order valence-electron chi connectivity index (χ3n) is 0.424. The van der Waals surface area contributed by atoms with Crippen LogP contribution in [0.15, 0.2) is 0 Å². The van der Waals surface area contributed by atoms with Gasteiger partial charge in [-0.25, -0.2) is 0 Å². The van der Waals surface area contributed by atoms with Crippen LogP contribution in [0, 0.1) is 0 Å². The standard InChI is InChI=1S/C3H11NO3S/c1-8(5,6)7-3-2-4/h5-6H,2-4H2,1H3. The lowest BCUT2D eigenvalue weighted by atomic mass is 10.8. The molecular weight excluding hydrogens is 130 g/mol. The Kier molecular flexibility index (Phi) is 3.34. The maximum absolute atomic E-state index is 8.51. The molecule has 0 aliphatic heterocycles. The largest absolute Gasteiger partial charge is 0.328 e. The van der Waals surface area contributed by atoms with Crippen LogP contribution in [0.3, 0.4) is 0 Å². The van der Waals surface area contributed by atoms with Gasteiger partial charge in [-0.05, 0) is 0 Å². The van der Waals surface area contributed by atoms with Gasteiger partial charge in [0.25, 0.3) is 0 Å². The van der Waals surface area contributed by atoms with E-state index in [1.54, 1.807) is 0 Å². The van der Waals surface area contributed by atoms with Gasteiger partial charge in [-0.3, -0.25) is 4.18 Å². The predicted molar refractivity (Wildman–Crippen MR) is 33.8 cm³/mol. The second-order valence-electron chi connectivity index (χ2n) is 1.37. The van der Waals surface area contributed by atoms with Gasteiger partial charge in [-0.15, -0.1) is 0 Å². The van der Waals surface area contributed by atoms with Crippen molar-refractivity contribution in [2.24, 2.45) is 5.73 Å². The van der Waals surface area contributed by atoms with Gasteiger partial charge >= 0.3 is 0 Å². The summed E-state index contributed by atoms with van der Waals surface area (Å²) in [6.45, 7) is 0.503. The Morgan fingerprint density at radius 1 is 1.62 bits per heavy atom. The van der Waals surface area contributed by atoms with Gasteiger partial charge in [0.05, 0.1) is 17.5 Å². The van der Waals surface area contributed by atoms with Crippen LogP contribution < -0.4 is 5.73 Å². The zero-order chi connectivity index (χ0) is 6.62. The minimum absolute atomic E-state index is 0.193. The molecule has 0 aromatic rings. The summed E-state index contributed by atoms with van der Waals surface area (Å²) in [4.78, 5) is 0. The maximum Gasteiger partial charge on any atom is 0.0805 e. The van der Waals surface area contributed by atoms with Crippen LogP contribution >= 0.6 is 10.9 Å². The first-order chi connectivity index (χ1) is 3.56. The minimum Gasteiger partial charge on any atom is -0.328 e. The zero-order valence-electron chi connectivity index (χ0n) is 4.70. The Labute approximate surface area is 50.2 Å². The summed E-state index contributed by atoms with van der Waals surface area (Å²) in [5, 5.41) is 0. The van der Waals surface area contributed by atoms with Gasteiger partial charge in [0.1, 0.15) is 0 Å². The molecule has 52 valence electrons. The third kappa shape index (κ3) is 6.19. The minimum atomic E-state index is -2.77. The molecule has 0 bridgehead atoms. The molecule has 0 radical (unpaired) electrons. The van der Waals surface area contributed by atoms with E-state index in [1.807, 2.05) is 0 Å². The monoisotopic (exact) mass is 141 g/mol. The summed E-state index contributed by atoms with van der Waals surface area (Å²) in [6.07, 6.45) is 1.21. The molecule has 0 aromatic heterocycles. The summed E-state index contributed by atoms with van der Waals surface area (Å²) >= 11 is 0. The Hall–Kier alpha value is 0.190. The molecule has 0 atom stereocenters. The van der Waals surface area contributed by atoms with Gasteiger partial charge < -0.3 is 14.8 Å². The maximum atomic E-state index is 8.51. The molecule has 0 rings (SSSR count). The Bertz CT molecular complexity index is 62.0. The highest BCUT2D eigenvalue weighted by atomic mass is 32.3. The zero-order valence-corrected chi connectivity index (χ0v) is 5.52. The van der Waals surface area contributed by atoms with Crippen molar-refractivity contribution in [3.05, 3.63) is 0 Å². The highest BCUT2D eigenvalue weighted by molar-refractivity contribution is 8.19. The molecule has 0 saturated heterocycles. The highest BCUT2D eigenvalue weighted by Crippen LogP contribution is 2.33. The van der Waals surface area contributed by atoms with E-state index in [0.717, 1.165) is 0 Å². The molecule has 0 unspecified atom stereocenters. The summed E-state index contributed by atoms with van der Waals surface area (Å²) in [6, 6.07) is 0. The molecule has 0 amide bonds. The lowest BCUT2D eigenvalue weighted by Gasteiger charge is -2.19. The average molecular weight is 141 g/mol. The molecule has 0 heterocycles. The highest BCUT2D eigenvalue weighted by Gasteiger charge is 2.05. The molecule has 0 aromatic carbocycles. The summed E-state index contributed by atoms with van der Waals surface area (Å²) in [5.41, 5.74) is 5.00. The molecule has 0 fully saturated rings. The van der Waals surface area contributed by atoms with Crippen LogP contribution in [0.25, 0.3) is 0 Å². The van der Waals surface area contributed by atoms with Crippen LogP contribution in [-0.2, 0) is 4.18 Å². The Morgan fingerprint density at radius 3 is 2.25 bits per heavy atom. The van der Waals surface area contributed by atoms with Crippen molar-refractivity contribution in [3.8, 4) is 0 Å². The number of rotatable bonds is 3. The molecule has 0 spiro atoms. The quantitative estimate of drug-likeness (QED) is 0.527. The lowest BCUT2D eigenvalue weighted by molar-refractivity contribution is 0.275. The van der Waals surface area contributed by atoms with Crippen LogP contribution in [0.5, 0.6) is 0 Å². The van der Waals surface area contributed by atoms with Crippen molar-refractivity contribution in [1.82, 2.24) is 0 Å². The van der Waals surface area contributed by atoms with Gasteiger partial charge in [0.15, 0.2) is 0 Å².